The lowest BCUT2D eigenvalue weighted by Crippen LogP contribution is -2.25. The SMILES string of the molecule is O=C(Nc1ccc(Cl)cc1Cl)c1ccc(N2CCCS2(=O)=O)cc1. The van der Waals surface area contributed by atoms with E-state index in [1.807, 2.05) is 0 Å². The zero-order chi connectivity index (χ0) is 17.3. The van der Waals surface area contributed by atoms with Gasteiger partial charge in [-0.3, -0.25) is 9.10 Å². The third-order valence-electron chi connectivity index (χ3n) is 3.70. The number of anilines is 2. The van der Waals surface area contributed by atoms with Crippen LogP contribution in [0.5, 0.6) is 0 Å². The summed E-state index contributed by atoms with van der Waals surface area (Å²) in [4.78, 5) is 12.3. The summed E-state index contributed by atoms with van der Waals surface area (Å²) < 4.78 is 25.2. The Bertz CT molecular complexity index is 883. The van der Waals surface area contributed by atoms with E-state index >= 15 is 0 Å². The van der Waals surface area contributed by atoms with Crippen molar-refractivity contribution in [3.8, 4) is 0 Å². The molecule has 1 aliphatic heterocycles. The minimum absolute atomic E-state index is 0.157. The number of nitrogens with one attached hydrogen (secondary N) is 1. The Labute approximate surface area is 150 Å². The summed E-state index contributed by atoms with van der Waals surface area (Å²) >= 11 is 11.9. The summed E-state index contributed by atoms with van der Waals surface area (Å²) in [6.45, 7) is 0.467. The van der Waals surface area contributed by atoms with Gasteiger partial charge < -0.3 is 5.32 Å². The van der Waals surface area contributed by atoms with Crippen molar-refractivity contribution in [3.63, 3.8) is 0 Å². The molecule has 1 saturated heterocycles. The first-order chi connectivity index (χ1) is 11.4. The Morgan fingerprint density at radius 1 is 1.08 bits per heavy atom. The quantitative estimate of drug-likeness (QED) is 0.875. The fraction of sp³-hybridized carbons (Fsp3) is 0.188. The zero-order valence-electron chi connectivity index (χ0n) is 12.5. The van der Waals surface area contributed by atoms with Crippen LogP contribution in [0.3, 0.4) is 0 Å². The Hall–Kier alpha value is -1.76. The molecular formula is C16H14Cl2N2O3S. The van der Waals surface area contributed by atoms with Gasteiger partial charge in [0, 0.05) is 17.1 Å². The van der Waals surface area contributed by atoms with Crippen molar-refractivity contribution in [1.29, 1.82) is 0 Å². The van der Waals surface area contributed by atoms with Crippen LogP contribution in [0, 0.1) is 0 Å². The van der Waals surface area contributed by atoms with Crippen molar-refractivity contribution in [3.05, 3.63) is 58.1 Å². The van der Waals surface area contributed by atoms with Crippen LogP contribution < -0.4 is 9.62 Å². The third kappa shape index (κ3) is 3.50. The molecular weight excluding hydrogens is 371 g/mol. The molecule has 1 N–H and O–H groups in total. The summed E-state index contributed by atoms with van der Waals surface area (Å²) in [5.41, 5.74) is 1.42. The monoisotopic (exact) mass is 384 g/mol. The topological polar surface area (TPSA) is 66.5 Å². The normalized spacial score (nSPS) is 16.2. The average molecular weight is 385 g/mol. The molecule has 126 valence electrons. The highest BCUT2D eigenvalue weighted by Crippen LogP contribution is 2.27. The summed E-state index contributed by atoms with van der Waals surface area (Å²) in [7, 11) is -3.23. The van der Waals surface area contributed by atoms with Gasteiger partial charge in [-0.05, 0) is 48.9 Å². The highest BCUT2D eigenvalue weighted by atomic mass is 35.5. The lowest BCUT2D eigenvalue weighted by atomic mass is 10.2. The summed E-state index contributed by atoms with van der Waals surface area (Å²) in [5, 5.41) is 3.52. The lowest BCUT2D eigenvalue weighted by Gasteiger charge is -2.17. The van der Waals surface area contributed by atoms with Crippen molar-refractivity contribution < 1.29 is 13.2 Å². The molecule has 1 fully saturated rings. The number of sulfonamides is 1. The summed E-state index contributed by atoms with van der Waals surface area (Å²) in [5.74, 6) is -0.181. The number of halogens is 2. The highest BCUT2D eigenvalue weighted by molar-refractivity contribution is 7.93. The van der Waals surface area contributed by atoms with Crippen LogP contribution >= 0.6 is 23.2 Å². The molecule has 0 spiro atoms. The van der Waals surface area contributed by atoms with Crippen LogP contribution in [0.1, 0.15) is 16.8 Å². The molecule has 0 saturated carbocycles. The van der Waals surface area contributed by atoms with Gasteiger partial charge in [0.1, 0.15) is 0 Å². The predicted octanol–water partition coefficient (Wildman–Crippen LogP) is 3.79. The van der Waals surface area contributed by atoms with Gasteiger partial charge in [0.15, 0.2) is 0 Å². The maximum absolute atomic E-state index is 12.3. The van der Waals surface area contributed by atoms with E-state index in [4.69, 9.17) is 23.2 Å². The van der Waals surface area contributed by atoms with Crippen LogP contribution in [-0.2, 0) is 10.0 Å². The molecule has 8 heteroatoms. The number of carbonyl (C=O) groups excluding carboxylic acids is 1. The van der Waals surface area contributed by atoms with E-state index in [0.717, 1.165) is 0 Å². The van der Waals surface area contributed by atoms with Gasteiger partial charge in [0.25, 0.3) is 5.91 Å². The van der Waals surface area contributed by atoms with Crippen molar-refractivity contribution in [2.75, 3.05) is 21.9 Å². The second kappa shape index (κ2) is 6.63. The maximum atomic E-state index is 12.3. The molecule has 3 rings (SSSR count). The summed E-state index contributed by atoms with van der Waals surface area (Å²) in [6, 6.07) is 11.2. The van der Waals surface area contributed by atoms with Gasteiger partial charge in [-0.25, -0.2) is 8.42 Å². The molecule has 1 heterocycles. The van der Waals surface area contributed by atoms with Crippen molar-refractivity contribution in [2.24, 2.45) is 0 Å². The van der Waals surface area contributed by atoms with Crippen molar-refractivity contribution >= 4 is 50.5 Å². The minimum Gasteiger partial charge on any atom is -0.321 e. The first kappa shape index (κ1) is 17.1. The zero-order valence-corrected chi connectivity index (χ0v) is 14.8. The number of hydrogen-bond donors (Lipinski definition) is 1. The van der Waals surface area contributed by atoms with Gasteiger partial charge in [-0.15, -0.1) is 0 Å². The van der Waals surface area contributed by atoms with Crippen LogP contribution in [0.2, 0.25) is 10.0 Å². The largest absolute Gasteiger partial charge is 0.321 e. The highest BCUT2D eigenvalue weighted by Gasteiger charge is 2.28. The Kier molecular flexibility index (Phi) is 4.71. The molecule has 2 aromatic carbocycles. The Balaban J connectivity index is 1.77. The first-order valence-corrected chi connectivity index (χ1v) is 9.60. The lowest BCUT2D eigenvalue weighted by molar-refractivity contribution is 0.102. The molecule has 24 heavy (non-hydrogen) atoms. The van der Waals surface area contributed by atoms with Gasteiger partial charge in [0.05, 0.1) is 22.2 Å². The molecule has 0 atom stereocenters. The second-order valence-electron chi connectivity index (χ2n) is 5.37. The maximum Gasteiger partial charge on any atom is 0.255 e. The fourth-order valence-corrected chi connectivity index (χ4v) is 4.51. The van der Waals surface area contributed by atoms with Crippen molar-refractivity contribution in [1.82, 2.24) is 0 Å². The van der Waals surface area contributed by atoms with Crippen LogP contribution in [0.25, 0.3) is 0 Å². The van der Waals surface area contributed by atoms with E-state index < -0.39 is 10.0 Å². The molecule has 0 aromatic heterocycles. The van der Waals surface area contributed by atoms with Crippen LogP contribution in [-0.4, -0.2) is 26.6 Å². The van der Waals surface area contributed by atoms with Gasteiger partial charge >= 0.3 is 0 Å². The predicted molar refractivity (Wildman–Crippen MR) is 96.6 cm³/mol. The number of rotatable bonds is 3. The molecule has 0 aliphatic carbocycles. The Morgan fingerprint density at radius 2 is 1.79 bits per heavy atom. The molecule has 0 unspecified atom stereocenters. The van der Waals surface area contributed by atoms with Crippen LogP contribution in [0.15, 0.2) is 42.5 Å². The van der Waals surface area contributed by atoms with Gasteiger partial charge in [-0.1, -0.05) is 23.2 Å². The van der Waals surface area contributed by atoms with Gasteiger partial charge in [0.2, 0.25) is 10.0 Å². The van der Waals surface area contributed by atoms with E-state index in [-0.39, 0.29) is 11.7 Å². The number of amides is 1. The third-order valence-corrected chi connectivity index (χ3v) is 6.11. The van der Waals surface area contributed by atoms with Gasteiger partial charge in [-0.2, -0.15) is 0 Å². The van der Waals surface area contributed by atoms with E-state index in [0.29, 0.717) is 39.9 Å². The van der Waals surface area contributed by atoms with E-state index in [2.05, 4.69) is 5.32 Å². The summed E-state index contributed by atoms with van der Waals surface area (Å²) in [6.07, 6.45) is 0.611. The minimum atomic E-state index is -3.23. The van der Waals surface area contributed by atoms with E-state index in [9.17, 15) is 13.2 Å². The number of benzene rings is 2. The van der Waals surface area contributed by atoms with Crippen LogP contribution in [0.4, 0.5) is 11.4 Å². The second-order valence-corrected chi connectivity index (χ2v) is 8.22. The fourth-order valence-electron chi connectivity index (χ4n) is 2.49. The molecule has 0 bridgehead atoms. The number of hydrogen-bond acceptors (Lipinski definition) is 3. The standard InChI is InChI=1S/C16H14Cl2N2O3S/c17-12-4-7-15(14(18)10-12)19-16(21)11-2-5-13(6-3-11)20-8-1-9-24(20,22)23/h2-7,10H,1,8-9H2,(H,19,21). The Morgan fingerprint density at radius 3 is 2.38 bits per heavy atom. The smallest absolute Gasteiger partial charge is 0.255 e. The molecule has 2 aromatic rings. The van der Waals surface area contributed by atoms with Crippen molar-refractivity contribution in [2.45, 2.75) is 6.42 Å². The first-order valence-electron chi connectivity index (χ1n) is 7.24. The average Bonchev–Trinajstić information content (AvgIpc) is 2.89. The van der Waals surface area contributed by atoms with E-state index in [1.54, 1.807) is 42.5 Å². The number of carbonyl (C=O) groups is 1. The molecule has 1 aliphatic rings. The molecule has 0 radical (unpaired) electrons. The number of nitrogens with zero attached hydrogens (tertiary/aromatic N) is 1. The molecule has 5 nitrogen and oxygen atoms in total. The van der Waals surface area contributed by atoms with E-state index in [1.165, 1.54) is 4.31 Å². The molecule has 1 amide bonds.